The summed E-state index contributed by atoms with van der Waals surface area (Å²) >= 11 is 0. The standard InChI is InChI=1S/C17H18FN5O2/c1-22(2)10-13-4-3-11(7-14(13)18)9-19-16(24)12-5-6-23-15(8-12)20-21-17(23)25/h3-8H,9-10H2,1-2H3,(H,19,24)(H,21,25). The third kappa shape index (κ3) is 3.74. The molecule has 7 nitrogen and oxygen atoms in total. The van der Waals surface area contributed by atoms with E-state index in [0.717, 1.165) is 0 Å². The van der Waals surface area contributed by atoms with Crippen molar-refractivity contribution < 1.29 is 9.18 Å². The predicted octanol–water partition coefficient (Wildman–Crippen LogP) is 1.15. The number of fused-ring (bicyclic) bond motifs is 1. The summed E-state index contributed by atoms with van der Waals surface area (Å²) in [5.41, 5.74) is 1.64. The molecule has 0 atom stereocenters. The molecule has 130 valence electrons. The number of rotatable bonds is 5. The van der Waals surface area contributed by atoms with Crippen LogP contribution in [0.1, 0.15) is 21.5 Å². The van der Waals surface area contributed by atoms with Gasteiger partial charge in [-0.1, -0.05) is 12.1 Å². The Morgan fingerprint density at radius 3 is 2.84 bits per heavy atom. The maximum Gasteiger partial charge on any atom is 0.347 e. The van der Waals surface area contributed by atoms with Crippen molar-refractivity contribution in [3.05, 3.63) is 69.5 Å². The van der Waals surface area contributed by atoms with Crippen molar-refractivity contribution in [3.8, 4) is 0 Å². The first kappa shape index (κ1) is 16.8. The van der Waals surface area contributed by atoms with E-state index in [9.17, 15) is 14.0 Å². The molecule has 3 rings (SSSR count). The first-order chi connectivity index (χ1) is 11.9. The first-order valence-corrected chi connectivity index (χ1v) is 7.71. The van der Waals surface area contributed by atoms with E-state index in [-0.39, 0.29) is 24.0 Å². The molecule has 0 spiro atoms. The van der Waals surface area contributed by atoms with Gasteiger partial charge in [0.2, 0.25) is 0 Å². The summed E-state index contributed by atoms with van der Waals surface area (Å²) in [4.78, 5) is 25.5. The summed E-state index contributed by atoms with van der Waals surface area (Å²) in [6.45, 7) is 0.720. The molecule has 0 radical (unpaired) electrons. The lowest BCUT2D eigenvalue weighted by molar-refractivity contribution is 0.0951. The van der Waals surface area contributed by atoms with Gasteiger partial charge in [0, 0.05) is 30.4 Å². The highest BCUT2D eigenvalue weighted by Crippen LogP contribution is 2.12. The largest absolute Gasteiger partial charge is 0.348 e. The average Bonchev–Trinajstić information content (AvgIpc) is 2.95. The second-order valence-electron chi connectivity index (χ2n) is 6.02. The van der Waals surface area contributed by atoms with Crippen molar-refractivity contribution in [3.63, 3.8) is 0 Å². The molecule has 3 aromatic rings. The van der Waals surface area contributed by atoms with Crippen LogP contribution in [0.4, 0.5) is 4.39 Å². The van der Waals surface area contributed by atoms with Crippen molar-refractivity contribution in [2.75, 3.05) is 14.1 Å². The third-order valence-corrected chi connectivity index (χ3v) is 3.74. The van der Waals surface area contributed by atoms with Crippen LogP contribution in [0.5, 0.6) is 0 Å². The summed E-state index contributed by atoms with van der Waals surface area (Å²) in [6.07, 6.45) is 1.48. The van der Waals surface area contributed by atoms with Gasteiger partial charge in [0.1, 0.15) is 5.82 Å². The number of H-pyrrole nitrogens is 1. The van der Waals surface area contributed by atoms with E-state index in [4.69, 9.17) is 0 Å². The zero-order chi connectivity index (χ0) is 18.0. The molecule has 0 aliphatic heterocycles. The fourth-order valence-electron chi connectivity index (χ4n) is 2.50. The number of nitrogens with zero attached hydrogens (tertiary/aromatic N) is 3. The number of aromatic amines is 1. The molecule has 0 bridgehead atoms. The van der Waals surface area contributed by atoms with Gasteiger partial charge in [-0.15, -0.1) is 0 Å². The molecule has 8 heteroatoms. The van der Waals surface area contributed by atoms with Gasteiger partial charge in [-0.05, 0) is 37.9 Å². The van der Waals surface area contributed by atoms with E-state index in [1.54, 1.807) is 12.1 Å². The minimum absolute atomic E-state index is 0.205. The maximum atomic E-state index is 14.1. The lowest BCUT2D eigenvalue weighted by Gasteiger charge is -2.12. The number of hydrogen-bond acceptors (Lipinski definition) is 4. The molecule has 0 fully saturated rings. The number of benzene rings is 1. The van der Waals surface area contributed by atoms with Gasteiger partial charge in [-0.3, -0.25) is 9.20 Å². The molecule has 2 N–H and O–H groups in total. The summed E-state index contributed by atoms with van der Waals surface area (Å²) in [5.74, 6) is -0.617. The molecule has 0 saturated carbocycles. The summed E-state index contributed by atoms with van der Waals surface area (Å²) in [5, 5.41) is 8.86. The Balaban J connectivity index is 1.68. The summed E-state index contributed by atoms with van der Waals surface area (Å²) in [7, 11) is 3.75. The minimum atomic E-state index is -0.366. The Kier molecular flexibility index (Phi) is 4.62. The third-order valence-electron chi connectivity index (χ3n) is 3.74. The molecule has 25 heavy (non-hydrogen) atoms. The molecule has 0 unspecified atom stereocenters. The zero-order valence-corrected chi connectivity index (χ0v) is 13.9. The van der Waals surface area contributed by atoms with Gasteiger partial charge in [0.05, 0.1) is 0 Å². The monoisotopic (exact) mass is 343 g/mol. The van der Waals surface area contributed by atoms with Crippen LogP contribution >= 0.6 is 0 Å². The Hall–Kier alpha value is -3.00. The SMILES string of the molecule is CN(C)Cc1ccc(CNC(=O)c2ccn3c(=O)[nH]nc3c2)cc1F. The van der Waals surface area contributed by atoms with Crippen molar-refractivity contribution in [2.24, 2.45) is 0 Å². The molecule has 2 heterocycles. The van der Waals surface area contributed by atoms with Crippen LogP contribution in [0.25, 0.3) is 5.65 Å². The molecule has 1 amide bonds. The number of carbonyl (C=O) groups excluding carboxylic acids is 1. The lowest BCUT2D eigenvalue weighted by Crippen LogP contribution is -2.23. The minimum Gasteiger partial charge on any atom is -0.348 e. The van der Waals surface area contributed by atoms with Crippen LogP contribution in [0.2, 0.25) is 0 Å². The van der Waals surface area contributed by atoms with Gasteiger partial charge in [-0.25, -0.2) is 14.3 Å². The Labute approximate surface area is 143 Å². The first-order valence-electron chi connectivity index (χ1n) is 7.71. The number of nitrogens with one attached hydrogen (secondary N) is 2. The average molecular weight is 343 g/mol. The lowest BCUT2D eigenvalue weighted by atomic mass is 10.1. The van der Waals surface area contributed by atoms with Crippen molar-refractivity contribution in [1.29, 1.82) is 0 Å². The van der Waals surface area contributed by atoms with Gasteiger partial charge >= 0.3 is 5.69 Å². The van der Waals surface area contributed by atoms with Crippen LogP contribution in [-0.2, 0) is 13.1 Å². The van der Waals surface area contributed by atoms with E-state index >= 15 is 0 Å². The summed E-state index contributed by atoms with van der Waals surface area (Å²) in [6, 6.07) is 7.97. The molecule has 0 saturated heterocycles. The number of aromatic nitrogens is 3. The van der Waals surface area contributed by atoms with Crippen LogP contribution in [-0.4, -0.2) is 39.5 Å². The quantitative estimate of drug-likeness (QED) is 0.728. The van der Waals surface area contributed by atoms with E-state index < -0.39 is 0 Å². The molecular weight excluding hydrogens is 325 g/mol. The zero-order valence-electron chi connectivity index (χ0n) is 13.9. The van der Waals surface area contributed by atoms with Gasteiger partial charge < -0.3 is 10.2 Å². The number of halogens is 1. The maximum absolute atomic E-state index is 14.1. The fourth-order valence-corrected chi connectivity index (χ4v) is 2.50. The molecule has 0 aliphatic carbocycles. The van der Waals surface area contributed by atoms with Gasteiger partial charge in [-0.2, -0.15) is 5.10 Å². The van der Waals surface area contributed by atoms with E-state index in [0.29, 0.717) is 28.9 Å². The van der Waals surface area contributed by atoms with Gasteiger partial charge in [0.15, 0.2) is 5.65 Å². The number of carbonyl (C=O) groups is 1. The number of hydrogen-bond donors (Lipinski definition) is 2. The van der Waals surface area contributed by atoms with Crippen LogP contribution in [0, 0.1) is 5.82 Å². The fraction of sp³-hybridized carbons (Fsp3) is 0.235. The molecule has 2 aromatic heterocycles. The van der Waals surface area contributed by atoms with E-state index in [1.165, 1.54) is 28.8 Å². The Bertz CT molecular complexity index is 977. The van der Waals surface area contributed by atoms with E-state index in [1.807, 2.05) is 19.0 Å². The highest BCUT2D eigenvalue weighted by Gasteiger charge is 2.10. The van der Waals surface area contributed by atoms with Crippen molar-refractivity contribution >= 4 is 11.6 Å². The number of amides is 1. The molecule has 1 aromatic carbocycles. The summed E-state index contributed by atoms with van der Waals surface area (Å²) < 4.78 is 15.4. The molecule has 0 aliphatic rings. The predicted molar refractivity (Wildman–Crippen MR) is 90.8 cm³/mol. The Morgan fingerprint density at radius 1 is 1.32 bits per heavy atom. The van der Waals surface area contributed by atoms with Crippen molar-refractivity contribution in [1.82, 2.24) is 24.8 Å². The normalized spacial score (nSPS) is 11.2. The highest BCUT2D eigenvalue weighted by atomic mass is 19.1. The second kappa shape index (κ2) is 6.86. The van der Waals surface area contributed by atoms with Crippen LogP contribution < -0.4 is 11.0 Å². The van der Waals surface area contributed by atoms with Crippen LogP contribution in [0.3, 0.4) is 0 Å². The second-order valence-corrected chi connectivity index (χ2v) is 6.02. The highest BCUT2D eigenvalue weighted by molar-refractivity contribution is 5.94. The Morgan fingerprint density at radius 2 is 2.12 bits per heavy atom. The number of pyridine rings is 1. The van der Waals surface area contributed by atoms with Crippen molar-refractivity contribution in [2.45, 2.75) is 13.1 Å². The van der Waals surface area contributed by atoms with Crippen LogP contribution in [0.15, 0.2) is 41.3 Å². The topological polar surface area (TPSA) is 82.5 Å². The van der Waals surface area contributed by atoms with Gasteiger partial charge in [0.25, 0.3) is 5.91 Å². The smallest absolute Gasteiger partial charge is 0.347 e. The molecular formula is C17H18FN5O2. The van der Waals surface area contributed by atoms with E-state index in [2.05, 4.69) is 15.5 Å².